The highest BCUT2D eigenvalue weighted by molar-refractivity contribution is 4.61. The maximum Gasteiger partial charge on any atom is 0.391 e. The quantitative estimate of drug-likeness (QED) is 0.560. The molecule has 3 heteroatoms. The zero-order valence-corrected chi connectivity index (χ0v) is 7.75. The average molecular weight is 182 g/mol. The van der Waals surface area contributed by atoms with Crippen LogP contribution in [0, 0.1) is 5.92 Å². The molecule has 0 bridgehead atoms. The smallest absolute Gasteiger partial charge is 0.171 e. The summed E-state index contributed by atoms with van der Waals surface area (Å²) in [4.78, 5) is 0. The van der Waals surface area contributed by atoms with Gasteiger partial charge in [0.1, 0.15) is 0 Å². The van der Waals surface area contributed by atoms with Crippen molar-refractivity contribution in [1.82, 2.24) is 0 Å². The van der Waals surface area contributed by atoms with Crippen LogP contribution in [0.15, 0.2) is 0 Å². The molecule has 0 aliphatic heterocycles. The Morgan fingerprint density at radius 3 is 2.08 bits per heavy atom. The van der Waals surface area contributed by atoms with E-state index < -0.39 is 12.1 Å². The van der Waals surface area contributed by atoms with E-state index in [1.807, 2.05) is 6.92 Å². The Balaban J connectivity index is 3.38. The van der Waals surface area contributed by atoms with Gasteiger partial charge in [-0.15, -0.1) is 0 Å². The number of hydrogen-bond acceptors (Lipinski definition) is 0. The van der Waals surface area contributed by atoms with Crippen molar-refractivity contribution in [2.24, 2.45) is 5.92 Å². The van der Waals surface area contributed by atoms with E-state index in [4.69, 9.17) is 0 Å². The first-order valence-corrected chi connectivity index (χ1v) is 4.55. The van der Waals surface area contributed by atoms with Crippen LogP contribution < -0.4 is 0 Å². The highest BCUT2D eigenvalue weighted by Crippen LogP contribution is 2.29. The maximum absolute atomic E-state index is 12.0. The van der Waals surface area contributed by atoms with E-state index >= 15 is 0 Å². The third-order valence-corrected chi connectivity index (χ3v) is 2.05. The average Bonchev–Trinajstić information content (AvgIpc) is 1.96. The van der Waals surface area contributed by atoms with Crippen LogP contribution >= 0.6 is 0 Å². The maximum atomic E-state index is 12.0. The lowest BCUT2D eigenvalue weighted by atomic mass is 10.0. The van der Waals surface area contributed by atoms with Crippen LogP contribution in [-0.4, -0.2) is 6.18 Å². The van der Waals surface area contributed by atoms with Crippen molar-refractivity contribution < 1.29 is 13.2 Å². The Kier molecular flexibility index (Phi) is 5.34. The third-order valence-electron chi connectivity index (χ3n) is 2.05. The highest BCUT2D eigenvalue weighted by Gasteiger charge is 2.34. The first-order valence-electron chi connectivity index (χ1n) is 4.55. The van der Waals surface area contributed by atoms with Gasteiger partial charge in [-0.3, -0.25) is 0 Å². The number of rotatable bonds is 5. The standard InChI is InChI=1S/C9H17F3/c1-3-4-5-6-7-8(2)9(10,11)12/h8H,3-7H2,1-2H3. The van der Waals surface area contributed by atoms with Gasteiger partial charge in [0.15, 0.2) is 0 Å². The van der Waals surface area contributed by atoms with Crippen molar-refractivity contribution in [3.63, 3.8) is 0 Å². The molecule has 0 aromatic heterocycles. The van der Waals surface area contributed by atoms with Crippen LogP contribution in [0.3, 0.4) is 0 Å². The zero-order valence-electron chi connectivity index (χ0n) is 7.75. The lowest BCUT2D eigenvalue weighted by molar-refractivity contribution is -0.171. The summed E-state index contributed by atoms with van der Waals surface area (Å²) in [7, 11) is 0. The summed E-state index contributed by atoms with van der Waals surface area (Å²) < 4.78 is 35.9. The first-order chi connectivity index (χ1) is 5.48. The predicted octanol–water partition coefficient (Wildman–Crippen LogP) is 4.16. The molecule has 0 aliphatic rings. The SMILES string of the molecule is CCCCCCC(C)C(F)(F)F. The lowest BCUT2D eigenvalue weighted by Crippen LogP contribution is -2.19. The molecule has 74 valence electrons. The molecular formula is C9H17F3. The number of unbranched alkanes of at least 4 members (excludes halogenated alkanes) is 3. The molecule has 0 heterocycles. The van der Waals surface area contributed by atoms with Crippen LogP contribution in [0.5, 0.6) is 0 Å². The van der Waals surface area contributed by atoms with Gasteiger partial charge in [-0.25, -0.2) is 0 Å². The van der Waals surface area contributed by atoms with E-state index in [0.717, 1.165) is 19.3 Å². The van der Waals surface area contributed by atoms with Gasteiger partial charge in [0.25, 0.3) is 0 Å². The topological polar surface area (TPSA) is 0 Å². The number of alkyl halides is 3. The molecule has 0 aromatic carbocycles. The van der Waals surface area contributed by atoms with Gasteiger partial charge in [-0.1, -0.05) is 39.5 Å². The molecule has 0 rings (SSSR count). The van der Waals surface area contributed by atoms with Gasteiger partial charge >= 0.3 is 6.18 Å². The van der Waals surface area contributed by atoms with Crippen LogP contribution in [0.25, 0.3) is 0 Å². The largest absolute Gasteiger partial charge is 0.391 e. The Bertz CT molecular complexity index is 107. The minimum Gasteiger partial charge on any atom is -0.171 e. The molecule has 0 saturated carbocycles. The lowest BCUT2D eigenvalue weighted by Gasteiger charge is -2.14. The van der Waals surface area contributed by atoms with E-state index in [0.29, 0.717) is 6.42 Å². The summed E-state index contributed by atoms with van der Waals surface area (Å²) in [6, 6.07) is 0. The van der Waals surface area contributed by atoms with E-state index in [9.17, 15) is 13.2 Å². The Morgan fingerprint density at radius 1 is 1.08 bits per heavy atom. The van der Waals surface area contributed by atoms with Gasteiger partial charge < -0.3 is 0 Å². The molecule has 0 aromatic rings. The number of hydrogen-bond donors (Lipinski definition) is 0. The second-order valence-corrected chi connectivity index (χ2v) is 3.29. The number of halogens is 3. The molecule has 1 atom stereocenters. The Labute approximate surface area is 72.2 Å². The first kappa shape index (κ1) is 11.8. The van der Waals surface area contributed by atoms with Gasteiger partial charge in [-0.2, -0.15) is 13.2 Å². The van der Waals surface area contributed by atoms with Crippen molar-refractivity contribution in [1.29, 1.82) is 0 Å². The second-order valence-electron chi connectivity index (χ2n) is 3.29. The fourth-order valence-electron chi connectivity index (χ4n) is 1.04. The molecule has 1 unspecified atom stereocenters. The van der Waals surface area contributed by atoms with Gasteiger partial charge in [-0.05, 0) is 6.42 Å². The molecule has 0 fully saturated rings. The summed E-state index contributed by atoms with van der Waals surface area (Å²) >= 11 is 0. The molecular weight excluding hydrogens is 165 g/mol. The van der Waals surface area contributed by atoms with Crippen molar-refractivity contribution in [3.05, 3.63) is 0 Å². The summed E-state index contributed by atoms with van der Waals surface area (Å²) in [5.41, 5.74) is 0. The van der Waals surface area contributed by atoms with E-state index in [2.05, 4.69) is 0 Å². The molecule has 0 spiro atoms. The Hall–Kier alpha value is -0.210. The van der Waals surface area contributed by atoms with E-state index in [-0.39, 0.29) is 6.42 Å². The van der Waals surface area contributed by atoms with Crippen molar-refractivity contribution >= 4 is 0 Å². The van der Waals surface area contributed by atoms with Crippen molar-refractivity contribution in [2.75, 3.05) is 0 Å². The molecule has 0 saturated heterocycles. The fourth-order valence-corrected chi connectivity index (χ4v) is 1.04. The van der Waals surface area contributed by atoms with Crippen molar-refractivity contribution in [3.8, 4) is 0 Å². The van der Waals surface area contributed by atoms with Gasteiger partial charge in [0.2, 0.25) is 0 Å². The molecule has 12 heavy (non-hydrogen) atoms. The molecule has 0 N–H and O–H groups in total. The van der Waals surface area contributed by atoms with Crippen LogP contribution in [-0.2, 0) is 0 Å². The third kappa shape index (κ3) is 5.44. The normalized spacial score (nSPS) is 14.8. The fraction of sp³-hybridized carbons (Fsp3) is 1.00. The van der Waals surface area contributed by atoms with Crippen LogP contribution in [0.1, 0.15) is 46.0 Å². The molecule has 0 amide bonds. The van der Waals surface area contributed by atoms with Gasteiger partial charge in [0.05, 0.1) is 5.92 Å². The van der Waals surface area contributed by atoms with Crippen LogP contribution in [0.2, 0.25) is 0 Å². The molecule has 0 nitrogen and oxygen atoms in total. The summed E-state index contributed by atoms with van der Waals surface area (Å²) in [5, 5.41) is 0. The zero-order chi connectivity index (χ0) is 9.61. The molecule has 0 radical (unpaired) electrons. The summed E-state index contributed by atoms with van der Waals surface area (Å²) in [6.07, 6.45) is 0.0339. The minimum absolute atomic E-state index is 0.281. The monoisotopic (exact) mass is 182 g/mol. The summed E-state index contributed by atoms with van der Waals surface area (Å²) in [6.45, 7) is 3.30. The summed E-state index contributed by atoms with van der Waals surface area (Å²) in [5.74, 6) is -1.13. The van der Waals surface area contributed by atoms with Crippen molar-refractivity contribution in [2.45, 2.75) is 52.1 Å². The Morgan fingerprint density at radius 2 is 1.67 bits per heavy atom. The second kappa shape index (κ2) is 5.44. The minimum atomic E-state index is -3.99. The predicted molar refractivity (Wildman–Crippen MR) is 44.0 cm³/mol. The van der Waals surface area contributed by atoms with E-state index in [1.54, 1.807) is 0 Å². The van der Waals surface area contributed by atoms with E-state index in [1.165, 1.54) is 6.92 Å². The molecule has 0 aliphatic carbocycles. The highest BCUT2D eigenvalue weighted by atomic mass is 19.4. The van der Waals surface area contributed by atoms with Crippen LogP contribution in [0.4, 0.5) is 13.2 Å². The van der Waals surface area contributed by atoms with Gasteiger partial charge in [0, 0.05) is 0 Å².